The van der Waals surface area contributed by atoms with E-state index in [-0.39, 0.29) is 0 Å². The number of alkyl halides is 2. The van der Waals surface area contributed by atoms with E-state index >= 15 is 0 Å². The summed E-state index contributed by atoms with van der Waals surface area (Å²) in [5.74, 6) is 1.13. The Kier molecular flexibility index (Phi) is 6.26. The molecule has 0 amide bonds. The molecule has 0 bridgehead atoms. The first kappa shape index (κ1) is 23.2. The lowest BCUT2D eigenvalue weighted by molar-refractivity contribution is 0.00790. The van der Waals surface area contributed by atoms with Crippen molar-refractivity contribution in [3.05, 3.63) is 36.5 Å². The van der Waals surface area contributed by atoms with E-state index in [1.807, 2.05) is 18.3 Å². The Hall–Kier alpha value is -3.18. The van der Waals surface area contributed by atoms with Crippen LogP contribution >= 0.6 is 0 Å². The summed E-state index contributed by atoms with van der Waals surface area (Å²) in [5, 5.41) is 8.19. The molecule has 6 rings (SSSR count). The van der Waals surface area contributed by atoms with Crippen molar-refractivity contribution in [1.29, 1.82) is 0 Å². The van der Waals surface area contributed by atoms with Crippen LogP contribution in [0.25, 0.3) is 27.8 Å². The van der Waals surface area contributed by atoms with Gasteiger partial charge in [0.15, 0.2) is 5.65 Å². The first-order chi connectivity index (χ1) is 17.5. The van der Waals surface area contributed by atoms with Crippen LogP contribution in [0.1, 0.15) is 31.5 Å². The zero-order chi connectivity index (χ0) is 24.6. The number of nitrogens with zero attached hydrogens (tertiary/aromatic N) is 7. The van der Waals surface area contributed by atoms with Gasteiger partial charge in [-0.3, -0.25) is 4.90 Å². The Morgan fingerprint density at radius 1 is 1.08 bits per heavy atom. The molecule has 2 fully saturated rings. The summed E-state index contributed by atoms with van der Waals surface area (Å²) in [6.45, 7) is 5.07. The second kappa shape index (κ2) is 9.70. The van der Waals surface area contributed by atoms with Gasteiger partial charge in [-0.25, -0.2) is 28.2 Å². The molecular weight excluding hydrogens is 466 g/mol. The SMILES string of the molecule is Cc1nc2ncc(-c3ccn4nc(N[C@H]5CC[C@H](N6CCOCC6)CC5)ncc34)cc2n1CC(F)F. The molecule has 0 aromatic carbocycles. The van der Waals surface area contributed by atoms with E-state index in [1.165, 1.54) is 17.4 Å². The molecule has 0 unspecified atom stereocenters. The number of morpholine rings is 1. The van der Waals surface area contributed by atoms with Crippen LogP contribution in [0.4, 0.5) is 14.7 Å². The Bertz CT molecular complexity index is 1360. The first-order valence-corrected chi connectivity index (χ1v) is 12.6. The summed E-state index contributed by atoms with van der Waals surface area (Å²) in [6, 6.07) is 4.82. The molecule has 0 atom stereocenters. The van der Waals surface area contributed by atoms with Crippen LogP contribution in [-0.2, 0) is 11.3 Å². The molecule has 2 aliphatic rings. The maximum absolute atomic E-state index is 13.1. The topological polar surface area (TPSA) is 85.4 Å². The number of hydrogen-bond donors (Lipinski definition) is 1. The van der Waals surface area contributed by atoms with Crippen molar-refractivity contribution in [2.45, 2.75) is 57.7 Å². The molecule has 4 aromatic heterocycles. The van der Waals surface area contributed by atoms with E-state index in [0.717, 1.165) is 55.8 Å². The van der Waals surface area contributed by atoms with Crippen LogP contribution in [0.3, 0.4) is 0 Å². The number of pyridine rings is 1. The minimum atomic E-state index is -2.46. The molecule has 1 aliphatic heterocycles. The third-order valence-corrected chi connectivity index (χ3v) is 7.44. The van der Waals surface area contributed by atoms with Crippen LogP contribution in [0.15, 0.2) is 30.7 Å². The molecule has 5 heterocycles. The average Bonchev–Trinajstić information content (AvgIpc) is 3.45. The highest BCUT2D eigenvalue weighted by atomic mass is 19.3. The molecule has 0 spiro atoms. The smallest absolute Gasteiger partial charge is 0.256 e. The van der Waals surface area contributed by atoms with Gasteiger partial charge in [0.1, 0.15) is 5.82 Å². The number of anilines is 1. The summed E-state index contributed by atoms with van der Waals surface area (Å²) >= 11 is 0. The van der Waals surface area contributed by atoms with Gasteiger partial charge < -0.3 is 14.6 Å². The van der Waals surface area contributed by atoms with E-state index in [0.29, 0.717) is 35.0 Å². The van der Waals surface area contributed by atoms with E-state index in [4.69, 9.17) is 4.74 Å². The van der Waals surface area contributed by atoms with Gasteiger partial charge >= 0.3 is 0 Å². The van der Waals surface area contributed by atoms with Crippen LogP contribution < -0.4 is 5.32 Å². The van der Waals surface area contributed by atoms with Gasteiger partial charge in [0.2, 0.25) is 5.95 Å². The highest BCUT2D eigenvalue weighted by Crippen LogP contribution is 2.29. The van der Waals surface area contributed by atoms with Crippen LogP contribution in [0.5, 0.6) is 0 Å². The highest BCUT2D eigenvalue weighted by molar-refractivity contribution is 5.85. The van der Waals surface area contributed by atoms with Gasteiger partial charge in [-0.2, -0.15) is 0 Å². The van der Waals surface area contributed by atoms with Crippen molar-refractivity contribution >= 4 is 22.6 Å². The number of nitrogens with one attached hydrogen (secondary N) is 1. The fourth-order valence-corrected chi connectivity index (χ4v) is 5.56. The monoisotopic (exact) mass is 496 g/mol. The Morgan fingerprint density at radius 3 is 2.67 bits per heavy atom. The van der Waals surface area contributed by atoms with E-state index < -0.39 is 13.0 Å². The minimum absolute atomic E-state index is 0.361. The molecule has 9 nitrogen and oxygen atoms in total. The van der Waals surface area contributed by atoms with Gasteiger partial charge in [-0.05, 0) is 44.7 Å². The van der Waals surface area contributed by atoms with Gasteiger partial charge in [0, 0.05) is 48.7 Å². The maximum Gasteiger partial charge on any atom is 0.256 e. The molecule has 0 radical (unpaired) electrons. The molecule has 1 N–H and O–H groups in total. The van der Waals surface area contributed by atoms with E-state index in [1.54, 1.807) is 23.8 Å². The van der Waals surface area contributed by atoms with Gasteiger partial charge in [-0.15, -0.1) is 5.10 Å². The second-order valence-electron chi connectivity index (χ2n) is 9.67. The van der Waals surface area contributed by atoms with Crippen molar-refractivity contribution in [2.24, 2.45) is 0 Å². The van der Waals surface area contributed by atoms with Crippen molar-refractivity contribution in [3.63, 3.8) is 0 Å². The average molecular weight is 497 g/mol. The van der Waals surface area contributed by atoms with Crippen LogP contribution in [0, 0.1) is 6.92 Å². The third-order valence-electron chi connectivity index (χ3n) is 7.44. The number of halogens is 2. The third kappa shape index (κ3) is 4.53. The predicted octanol–water partition coefficient (Wildman–Crippen LogP) is 3.77. The summed E-state index contributed by atoms with van der Waals surface area (Å²) in [5.41, 5.74) is 3.59. The van der Waals surface area contributed by atoms with Crippen molar-refractivity contribution in [2.75, 3.05) is 31.6 Å². The molecule has 1 aliphatic carbocycles. The van der Waals surface area contributed by atoms with E-state index in [2.05, 4.69) is 30.3 Å². The van der Waals surface area contributed by atoms with Crippen LogP contribution in [-0.4, -0.2) is 78.8 Å². The molecule has 4 aromatic rings. The number of rotatable bonds is 6. The molecule has 1 saturated heterocycles. The predicted molar refractivity (Wildman–Crippen MR) is 132 cm³/mol. The minimum Gasteiger partial charge on any atom is -0.379 e. The lowest BCUT2D eigenvalue weighted by atomic mass is 9.90. The Labute approximate surface area is 207 Å². The van der Waals surface area contributed by atoms with Crippen molar-refractivity contribution in [1.82, 2.24) is 34.0 Å². The zero-order valence-electron chi connectivity index (χ0n) is 20.3. The maximum atomic E-state index is 13.1. The zero-order valence-corrected chi connectivity index (χ0v) is 20.3. The van der Waals surface area contributed by atoms with Crippen molar-refractivity contribution in [3.8, 4) is 11.1 Å². The highest BCUT2D eigenvalue weighted by Gasteiger charge is 2.27. The summed E-state index contributed by atoms with van der Waals surface area (Å²) in [6.07, 6.45) is 7.48. The standard InChI is InChI=1S/C25H30F2N8O/c1-16-30-24-21(34(16)15-23(26)27)12-17(13-28-24)20-6-7-35-22(20)14-29-25(32-35)31-18-2-4-19(5-3-18)33-8-10-36-11-9-33/h6-7,12-14,18-19,23H,2-5,8-11,15H2,1H3,(H,31,32)/t18-,19-. The van der Waals surface area contributed by atoms with Crippen LogP contribution in [0.2, 0.25) is 0 Å². The number of aryl methyl sites for hydroxylation is 1. The fraction of sp³-hybridized carbons (Fsp3) is 0.520. The fourth-order valence-electron chi connectivity index (χ4n) is 5.56. The summed E-state index contributed by atoms with van der Waals surface area (Å²) in [7, 11) is 0. The normalized spacial score (nSPS) is 21.6. The molecular formula is C25H30F2N8O. The molecule has 11 heteroatoms. The Morgan fingerprint density at radius 2 is 1.89 bits per heavy atom. The summed E-state index contributed by atoms with van der Waals surface area (Å²) in [4.78, 5) is 15.9. The molecule has 1 saturated carbocycles. The number of aromatic nitrogens is 6. The van der Waals surface area contributed by atoms with E-state index in [9.17, 15) is 8.78 Å². The number of ether oxygens (including phenoxy) is 1. The number of fused-ring (bicyclic) bond motifs is 2. The van der Waals surface area contributed by atoms with Gasteiger partial charge in [0.25, 0.3) is 6.43 Å². The summed E-state index contributed by atoms with van der Waals surface area (Å²) < 4.78 is 35.0. The largest absolute Gasteiger partial charge is 0.379 e. The van der Waals surface area contributed by atoms with Gasteiger partial charge in [-0.1, -0.05) is 0 Å². The lowest BCUT2D eigenvalue weighted by Gasteiger charge is -2.38. The molecule has 36 heavy (non-hydrogen) atoms. The lowest BCUT2D eigenvalue weighted by Crippen LogP contribution is -2.46. The number of imidazole rings is 1. The Balaban J connectivity index is 1.18. The van der Waals surface area contributed by atoms with Gasteiger partial charge in [0.05, 0.1) is 37.0 Å². The number of hydrogen-bond acceptors (Lipinski definition) is 7. The molecule has 190 valence electrons. The first-order valence-electron chi connectivity index (χ1n) is 12.6. The van der Waals surface area contributed by atoms with Crippen molar-refractivity contribution < 1.29 is 13.5 Å². The quantitative estimate of drug-likeness (QED) is 0.435. The second-order valence-corrected chi connectivity index (χ2v) is 9.67.